The van der Waals surface area contributed by atoms with E-state index in [0.29, 0.717) is 4.90 Å². The molecule has 0 spiro atoms. The van der Waals surface area contributed by atoms with E-state index < -0.39 is 10.0 Å². The molecule has 0 radical (unpaired) electrons. The predicted octanol–water partition coefficient (Wildman–Crippen LogP) is 3.10. The second kappa shape index (κ2) is 5.18. The third-order valence-corrected chi connectivity index (χ3v) is 5.76. The molecule has 2 aromatic rings. The molecule has 0 fully saturated rings. The number of sulfonamides is 1. The van der Waals surface area contributed by atoms with Gasteiger partial charge in [0.1, 0.15) is 11.5 Å². The van der Waals surface area contributed by atoms with Crippen LogP contribution in [0.3, 0.4) is 0 Å². The molecule has 0 amide bonds. The Morgan fingerprint density at radius 2 is 1.55 bits per heavy atom. The van der Waals surface area contributed by atoms with Crippen LogP contribution in [0.25, 0.3) is 4.83 Å². The Kier molecular flexibility index (Phi) is 3.88. The highest BCUT2D eigenvalue weighted by Gasteiger charge is 2.17. The Morgan fingerprint density at radius 3 is 2.00 bits per heavy atom. The van der Waals surface area contributed by atoms with Gasteiger partial charge in [0.25, 0.3) is 0 Å². The molecule has 0 N–H and O–H groups in total. The number of aryl methyl sites for hydroxylation is 5. The monoisotopic (exact) mass is 310 g/mol. The highest BCUT2D eigenvalue weighted by atomic mass is 32.2. The molecule has 0 aliphatic heterocycles. The summed E-state index contributed by atoms with van der Waals surface area (Å²) >= 11 is 1.32. The van der Waals surface area contributed by atoms with Crippen molar-refractivity contribution < 1.29 is 12.5 Å². The van der Waals surface area contributed by atoms with Crippen LogP contribution < -0.4 is 4.07 Å². The summed E-state index contributed by atoms with van der Waals surface area (Å²) in [6.45, 7) is 9.44. The molecular formula is C14H18N2O2S2. The van der Waals surface area contributed by atoms with Crippen molar-refractivity contribution >= 4 is 21.6 Å². The quantitative estimate of drug-likeness (QED) is 0.818. The van der Waals surface area contributed by atoms with E-state index in [2.05, 4.69) is 4.83 Å². The summed E-state index contributed by atoms with van der Waals surface area (Å²) < 4.78 is 26.4. The molecule has 1 heterocycles. The van der Waals surface area contributed by atoms with E-state index in [-0.39, 0.29) is 0 Å². The molecule has 0 bridgehead atoms. The molecule has 1 aromatic heterocycles. The van der Waals surface area contributed by atoms with E-state index in [1.165, 1.54) is 15.6 Å². The maximum Gasteiger partial charge on any atom is 0.182 e. The lowest BCUT2D eigenvalue weighted by atomic mass is 10.1. The standard InChI is InChI=1S/C14H18N2O2S2/c1-9-6-10(2)14(11(3)7-9)20(17,18)15-16-8-12(4)13(5)19-16/h6-8H,1-5H3. The van der Waals surface area contributed by atoms with E-state index in [9.17, 15) is 8.42 Å². The SMILES string of the molecule is Cc1cc(C)c(S(=O)(=O)[N-][n+]2cc(C)c(C)s2)c(C)c1. The van der Waals surface area contributed by atoms with Crippen LogP contribution in [-0.2, 0) is 10.0 Å². The molecule has 20 heavy (non-hydrogen) atoms. The minimum atomic E-state index is -3.70. The molecule has 0 aliphatic rings. The molecule has 0 saturated heterocycles. The van der Waals surface area contributed by atoms with Gasteiger partial charge in [0, 0.05) is 5.56 Å². The fourth-order valence-electron chi connectivity index (χ4n) is 2.26. The lowest BCUT2D eigenvalue weighted by Crippen LogP contribution is -2.27. The maximum absolute atomic E-state index is 12.5. The van der Waals surface area contributed by atoms with Crippen molar-refractivity contribution in [2.24, 2.45) is 0 Å². The molecule has 4 nitrogen and oxygen atoms in total. The number of benzene rings is 1. The number of hydrogen-bond donors (Lipinski definition) is 0. The third kappa shape index (κ3) is 2.86. The Hall–Kier alpha value is -1.40. The van der Waals surface area contributed by atoms with Gasteiger partial charge in [-0.25, -0.2) is 8.42 Å². The first kappa shape index (κ1) is 15.0. The van der Waals surface area contributed by atoms with Crippen molar-refractivity contribution in [2.45, 2.75) is 39.5 Å². The first-order valence-corrected chi connectivity index (χ1v) is 8.47. The summed E-state index contributed by atoms with van der Waals surface area (Å²) in [5.74, 6) is 0. The average molecular weight is 310 g/mol. The van der Waals surface area contributed by atoms with E-state index in [1.54, 1.807) is 20.0 Å². The third-order valence-electron chi connectivity index (χ3n) is 3.14. The lowest BCUT2D eigenvalue weighted by Gasteiger charge is -2.17. The molecule has 0 unspecified atom stereocenters. The topological polar surface area (TPSA) is 52.1 Å². The first-order chi connectivity index (χ1) is 9.20. The molecule has 108 valence electrons. The molecule has 0 atom stereocenters. The summed E-state index contributed by atoms with van der Waals surface area (Å²) in [5.41, 5.74) is 3.55. The smallest absolute Gasteiger partial charge is 0.182 e. The second-order valence-electron chi connectivity index (χ2n) is 5.05. The summed E-state index contributed by atoms with van der Waals surface area (Å²) in [4.78, 5) is 5.26. The second-order valence-corrected chi connectivity index (χ2v) is 7.74. The highest BCUT2D eigenvalue weighted by molar-refractivity contribution is 7.93. The molecule has 0 saturated carbocycles. The van der Waals surface area contributed by atoms with Crippen molar-refractivity contribution in [1.82, 2.24) is 0 Å². The van der Waals surface area contributed by atoms with Crippen molar-refractivity contribution in [3.05, 3.63) is 50.3 Å². The minimum absolute atomic E-state index is 0.305. The normalized spacial score (nSPS) is 11.7. The van der Waals surface area contributed by atoms with Gasteiger partial charge >= 0.3 is 0 Å². The predicted molar refractivity (Wildman–Crippen MR) is 80.6 cm³/mol. The number of nitrogens with zero attached hydrogens (tertiary/aromatic N) is 2. The van der Waals surface area contributed by atoms with E-state index in [4.69, 9.17) is 0 Å². The zero-order valence-electron chi connectivity index (χ0n) is 12.3. The number of rotatable bonds is 3. The summed E-state index contributed by atoms with van der Waals surface area (Å²) in [6.07, 6.45) is 1.73. The first-order valence-electron chi connectivity index (χ1n) is 6.26. The summed E-state index contributed by atoms with van der Waals surface area (Å²) in [5, 5.41) is 0. The van der Waals surface area contributed by atoms with Crippen LogP contribution in [-0.4, -0.2) is 8.42 Å². The maximum atomic E-state index is 12.5. The Morgan fingerprint density at radius 1 is 1.00 bits per heavy atom. The van der Waals surface area contributed by atoms with Gasteiger partial charge in [-0.05, 0) is 45.7 Å². The Labute approximate surface area is 124 Å². The van der Waals surface area contributed by atoms with Gasteiger partial charge in [0.05, 0.1) is 9.77 Å². The summed E-state index contributed by atoms with van der Waals surface area (Å²) in [7, 11) is -3.70. The number of hydrogen-bond acceptors (Lipinski definition) is 3. The Bertz CT molecular complexity index is 719. The van der Waals surface area contributed by atoms with Crippen molar-refractivity contribution in [3.8, 4) is 0 Å². The van der Waals surface area contributed by atoms with Gasteiger partial charge in [0.2, 0.25) is 0 Å². The molecule has 2 rings (SSSR count). The van der Waals surface area contributed by atoms with Gasteiger partial charge < -0.3 is 4.83 Å². The van der Waals surface area contributed by atoms with Gasteiger partial charge in [-0.2, -0.15) is 4.07 Å². The highest BCUT2D eigenvalue weighted by Crippen LogP contribution is 2.25. The Balaban J connectivity index is 2.46. The molecule has 6 heteroatoms. The average Bonchev–Trinajstić information content (AvgIpc) is 2.54. The molecule has 0 aliphatic carbocycles. The van der Waals surface area contributed by atoms with Crippen molar-refractivity contribution in [3.63, 3.8) is 0 Å². The molecule has 1 aromatic carbocycles. The van der Waals surface area contributed by atoms with Crippen LogP contribution in [0.15, 0.2) is 23.2 Å². The van der Waals surface area contributed by atoms with Crippen LogP contribution in [0.2, 0.25) is 0 Å². The van der Waals surface area contributed by atoms with Gasteiger partial charge in [-0.1, -0.05) is 17.7 Å². The fraction of sp³-hybridized carbons (Fsp3) is 0.357. The van der Waals surface area contributed by atoms with Crippen LogP contribution in [0, 0.1) is 34.6 Å². The van der Waals surface area contributed by atoms with Gasteiger partial charge in [-0.15, -0.1) is 0 Å². The van der Waals surface area contributed by atoms with Crippen molar-refractivity contribution in [1.29, 1.82) is 0 Å². The lowest BCUT2D eigenvalue weighted by molar-refractivity contribution is -0.539. The van der Waals surface area contributed by atoms with Crippen LogP contribution >= 0.6 is 11.5 Å². The van der Waals surface area contributed by atoms with E-state index >= 15 is 0 Å². The largest absolute Gasteiger partial charge is 0.303 e. The fourth-order valence-corrected chi connectivity index (χ4v) is 4.61. The zero-order chi connectivity index (χ0) is 15.1. The summed E-state index contributed by atoms with van der Waals surface area (Å²) in [6, 6.07) is 3.73. The van der Waals surface area contributed by atoms with E-state index in [0.717, 1.165) is 27.1 Å². The van der Waals surface area contributed by atoms with Gasteiger partial charge in [-0.3, -0.25) is 0 Å². The minimum Gasteiger partial charge on any atom is -0.303 e. The zero-order valence-corrected chi connectivity index (χ0v) is 13.9. The van der Waals surface area contributed by atoms with Crippen LogP contribution in [0.4, 0.5) is 0 Å². The van der Waals surface area contributed by atoms with Crippen LogP contribution in [0.1, 0.15) is 27.1 Å². The van der Waals surface area contributed by atoms with E-state index in [1.807, 2.05) is 32.9 Å². The molecular weight excluding hydrogens is 292 g/mol. The van der Waals surface area contributed by atoms with Gasteiger partial charge in [0.15, 0.2) is 16.2 Å². The number of aromatic nitrogens is 1. The van der Waals surface area contributed by atoms with Crippen molar-refractivity contribution in [2.75, 3.05) is 0 Å². The van der Waals surface area contributed by atoms with Crippen LogP contribution in [0.5, 0.6) is 0 Å².